The van der Waals surface area contributed by atoms with Crippen molar-refractivity contribution in [1.82, 2.24) is 5.32 Å². The third-order valence-corrected chi connectivity index (χ3v) is 2.85. The Kier molecular flexibility index (Phi) is 5.95. The molecule has 1 N–H and O–H groups in total. The number of hydrogen-bond donors (Lipinski definition) is 1. The lowest BCUT2D eigenvalue weighted by atomic mass is 10.2. The SMILES string of the molecule is CC(C)CNC(=O)COC(=O)c1ccc(F)cc1Br. The van der Waals surface area contributed by atoms with Gasteiger partial charge in [-0.05, 0) is 40.0 Å². The van der Waals surface area contributed by atoms with Crippen molar-refractivity contribution < 1.29 is 18.7 Å². The Bertz CT molecular complexity index is 477. The number of rotatable bonds is 5. The quantitative estimate of drug-likeness (QED) is 0.843. The molecule has 6 heteroatoms. The second kappa shape index (κ2) is 7.23. The minimum absolute atomic E-state index is 0.179. The lowest BCUT2D eigenvalue weighted by molar-refractivity contribution is -0.124. The molecule has 4 nitrogen and oxygen atoms in total. The number of halogens is 2. The average molecular weight is 332 g/mol. The first-order valence-corrected chi connectivity index (χ1v) is 6.58. The van der Waals surface area contributed by atoms with Gasteiger partial charge >= 0.3 is 5.97 Å². The molecule has 0 aliphatic carbocycles. The highest BCUT2D eigenvalue weighted by atomic mass is 79.9. The number of benzene rings is 1. The zero-order chi connectivity index (χ0) is 14.4. The van der Waals surface area contributed by atoms with E-state index in [1.165, 1.54) is 6.07 Å². The first-order chi connectivity index (χ1) is 8.90. The number of esters is 1. The summed E-state index contributed by atoms with van der Waals surface area (Å²) < 4.78 is 18.0. The molecule has 0 radical (unpaired) electrons. The van der Waals surface area contributed by atoms with Crippen LogP contribution < -0.4 is 5.32 Å². The molecule has 0 aliphatic heterocycles. The standard InChI is InChI=1S/C13H15BrFNO3/c1-8(2)6-16-12(17)7-19-13(18)10-4-3-9(15)5-11(10)14/h3-5,8H,6-7H2,1-2H3,(H,16,17). The van der Waals surface area contributed by atoms with Crippen LogP contribution in [0.25, 0.3) is 0 Å². The van der Waals surface area contributed by atoms with E-state index in [2.05, 4.69) is 21.2 Å². The molecule has 1 amide bonds. The molecule has 0 fully saturated rings. The van der Waals surface area contributed by atoms with E-state index in [4.69, 9.17) is 4.74 Å². The Hall–Kier alpha value is -1.43. The first-order valence-electron chi connectivity index (χ1n) is 5.79. The highest BCUT2D eigenvalue weighted by Gasteiger charge is 2.14. The van der Waals surface area contributed by atoms with Crippen LogP contribution in [0.1, 0.15) is 24.2 Å². The van der Waals surface area contributed by atoms with Crippen LogP contribution in [0.5, 0.6) is 0 Å². The predicted octanol–water partition coefficient (Wildman–Crippen LogP) is 2.52. The summed E-state index contributed by atoms with van der Waals surface area (Å²) >= 11 is 3.06. The van der Waals surface area contributed by atoms with Gasteiger partial charge in [-0.1, -0.05) is 13.8 Å². The monoisotopic (exact) mass is 331 g/mol. The van der Waals surface area contributed by atoms with E-state index in [1.54, 1.807) is 0 Å². The summed E-state index contributed by atoms with van der Waals surface area (Å²) in [5.41, 5.74) is 0.179. The summed E-state index contributed by atoms with van der Waals surface area (Å²) in [7, 11) is 0. The van der Waals surface area contributed by atoms with Gasteiger partial charge in [0.25, 0.3) is 5.91 Å². The van der Waals surface area contributed by atoms with Gasteiger partial charge in [0, 0.05) is 11.0 Å². The Morgan fingerprint density at radius 1 is 1.42 bits per heavy atom. The molecule has 0 aromatic heterocycles. The van der Waals surface area contributed by atoms with E-state index in [0.717, 1.165) is 12.1 Å². The maximum atomic E-state index is 12.9. The molecule has 0 aliphatic rings. The molecule has 0 heterocycles. The fourth-order valence-corrected chi connectivity index (χ4v) is 1.75. The smallest absolute Gasteiger partial charge is 0.339 e. The summed E-state index contributed by atoms with van der Waals surface area (Å²) in [5.74, 6) is -1.17. The summed E-state index contributed by atoms with van der Waals surface area (Å²) in [4.78, 5) is 23.0. The van der Waals surface area contributed by atoms with Crippen molar-refractivity contribution in [1.29, 1.82) is 0 Å². The molecular formula is C13H15BrFNO3. The fraction of sp³-hybridized carbons (Fsp3) is 0.385. The van der Waals surface area contributed by atoms with Gasteiger partial charge in [-0.2, -0.15) is 0 Å². The molecule has 0 bridgehead atoms. The van der Waals surface area contributed by atoms with E-state index >= 15 is 0 Å². The highest BCUT2D eigenvalue weighted by molar-refractivity contribution is 9.10. The first kappa shape index (κ1) is 15.6. The van der Waals surface area contributed by atoms with Crippen LogP contribution in [-0.4, -0.2) is 25.0 Å². The number of ether oxygens (including phenoxy) is 1. The van der Waals surface area contributed by atoms with Crippen molar-refractivity contribution in [3.8, 4) is 0 Å². The highest BCUT2D eigenvalue weighted by Crippen LogP contribution is 2.18. The molecule has 0 saturated heterocycles. The lowest BCUT2D eigenvalue weighted by Crippen LogP contribution is -2.31. The topological polar surface area (TPSA) is 55.4 Å². The predicted molar refractivity (Wildman–Crippen MR) is 72.2 cm³/mol. The van der Waals surface area contributed by atoms with Gasteiger partial charge in [0.1, 0.15) is 5.82 Å². The molecule has 1 aromatic rings. The van der Waals surface area contributed by atoms with E-state index < -0.39 is 11.8 Å². The van der Waals surface area contributed by atoms with Crippen molar-refractivity contribution in [2.24, 2.45) is 5.92 Å². The van der Waals surface area contributed by atoms with E-state index in [-0.39, 0.29) is 18.1 Å². The molecule has 0 spiro atoms. The van der Waals surface area contributed by atoms with Gasteiger partial charge in [0.05, 0.1) is 5.56 Å². The zero-order valence-corrected chi connectivity index (χ0v) is 12.3. The molecule has 19 heavy (non-hydrogen) atoms. The van der Waals surface area contributed by atoms with Crippen molar-refractivity contribution in [3.63, 3.8) is 0 Å². The molecule has 0 atom stereocenters. The number of carbonyl (C=O) groups excluding carboxylic acids is 2. The second-order valence-corrected chi connectivity index (χ2v) is 5.25. The summed E-state index contributed by atoms with van der Waals surface area (Å²) in [6, 6.07) is 3.61. The van der Waals surface area contributed by atoms with Crippen LogP contribution >= 0.6 is 15.9 Å². The largest absolute Gasteiger partial charge is 0.452 e. The number of hydrogen-bond acceptors (Lipinski definition) is 3. The van der Waals surface area contributed by atoms with Crippen LogP contribution in [0.4, 0.5) is 4.39 Å². The van der Waals surface area contributed by atoms with Gasteiger partial charge in [-0.15, -0.1) is 0 Å². The maximum Gasteiger partial charge on any atom is 0.339 e. The Morgan fingerprint density at radius 2 is 2.11 bits per heavy atom. The van der Waals surface area contributed by atoms with Crippen molar-refractivity contribution >= 4 is 27.8 Å². The summed E-state index contributed by atoms with van der Waals surface area (Å²) in [6.45, 7) is 4.09. The molecule has 0 unspecified atom stereocenters. The van der Waals surface area contributed by atoms with Crippen LogP contribution in [0.3, 0.4) is 0 Å². The van der Waals surface area contributed by atoms with Gasteiger partial charge < -0.3 is 10.1 Å². The minimum atomic E-state index is -0.674. The third kappa shape index (κ3) is 5.38. The molecule has 1 rings (SSSR count). The van der Waals surface area contributed by atoms with Crippen LogP contribution in [0, 0.1) is 11.7 Å². The molecular weight excluding hydrogens is 317 g/mol. The Labute approximate surface area is 119 Å². The van der Waals surface area contributed by atoms with Crippen molar-refractivity contribution in [2.75, 3.05) is 13.2 Å². The molecule has 104 valence electrons. The van der Waals surface area contributed by atoms with Gasteiger partial charge in [-0.3, -0.25) is 4.79 Å². The average Bonchev–Trinajstić information content (AvgIpc) is 2.33. The number of amides is 1. The van der Waals surface area contributed by atoms with Gasteiger partial charge in [-0.25, -0.2) is 9.18 Å². The Morgan fingerprint density at radius 3 is 2.68 bits per heavy atom. The van der Waals surface area contributed by atoms with Crippen molar-refractivity contribution in [3.05, 3.63) is 34.1 Å². The van der Waals surface area contributed by atoms with Gasteiger partial charge in [0.2, 0.25) is 0 Å². The summed E-state index contributed by atoms with van der Waals surface area (Å²) in [6.07, 6.45) is 0. The number of carbonyl (C=O) groups is 2. The van der Waals surface area contributed by atoms with E-state index in [9.17, 15) is 14.0 Å². The summed E-state index contributed by atoms with van der Waals surface area (Å²) in [5, 5.41) is 2.62. The van der Waals surface area contributed by atoms with Crippen LogP contribution in [0.2, 0.25) is 0 Å². The van der Waals surface area contributed by atoms with Crippen molar-refractivity contribution in [2.45, 2.75) is 13.8 Å². The third-order valence-electron chi connectivity index (χ3n) is 2.19. The van der Waals surface area contributed by atoms with E-state index in [1.807, 2.05) is 13.8 Å². The zero-order valence-electron chi connectivity index (χ0n) is 10.7. The van der Waals surface area contributed by atoms with Crippen LogP contribution in [0.15, 0.2) is 22.7 Å². The Balaban J connectivity index is 2.49. The van der Waals surface area contributed by atoms with E-state index in [0.29, 0.717) is 16.9 Å². The maximum absolute atomic E-state index is 12.9. The minimum Gasteiger partial charge on any atom is -0.452 e. The normalized spacial score (nSPS) is 10.4. The lowest BCUT2D eigenvalue weighted by Gasteiger charge is -2.09. The number of nitrogens with one attached hydrogen (secondary N) is 1. The molecule has 0 saturated carbocycles. The molecule has 1 aromatic carbocycles. The van der Waals surface area contributed by atoms with Gasteiger partial charge in [0.15, 0.2) is 6.61 Å². The second-order valence-electron chi connectivity index (χ2n) is 4.40. The van der Waals surface area contributed by atoms with Crippen LogP contribution in [-0.2, 0) is 9.53 Å². The fourth-order valence-electron chi connectivity index (χ4n) is 1.23.